The summed E-state index contributed by atoms with van der Waals surface area (Å²) in [5, 5.41) is 18.3. The lowest BCUT2D eigenvalue weighted by molar-refractivity contribution is -0.105. The van der Waals surface area contributed by atoms with Crippen molar-refractivity contribution in [2.75, 3.05) is 13.2 Å². The molecule has 2 heterocycles. The van der Waals surface area contributed by atoms with Crippen LogP contribution in [0.15, 0.2) is 139 Å². The number of amides is 1. The number of carbonyl (C=O) groups is 1. The zero-order valence-electron chi connectivity index (χ0n) is 32.4. The summed E-state index contributed by atoms with van der Waals surface area (Å²) >= 11 is 0. The number of nitrogens with zero attached hydrogens (tertiary/aromatic N) is 3. The van der Waals surface area contributed by atoms with Crippen LogP contribution >= 0.6 is 8.53 Å². The van der Waals surface area contributed by atoms with E-state index in [1.807, 2.05) is 24.3 Å². The molecule has 3 N–H and O–H groups in total. The van der Waals surface area contributed by atoms with Crippen molar-refractivity contribution in [2.45, 2.75) is 89.8 Å². The Bertz CT molecular complexity index is 1740. The van der Waals surface area contributed by atoms with Crippen molar-refractivity contribution >= 4 is 20.3 Å². The van der Waals surface area contributed by atoms with Crippen molar-refractivity contribution in [3.05, 3.63) is 156 Å². The standard InChI is InChI=1S/C44H54N5O5P/c1-6-29-52-55(49(32(2)3)33(4)5)53-31-39-38(30-41(54-39)48-28-27-40(46-43(48)51)45-42(50)34-19-11-7-12-20-34)47-44(35-21-13-8-14-22-35,36-23-15-9-16-24-36)37-25-17-10-18-26-37/h7-28,32-33,38-39,41,43,47,51H,6,29-31H2,1-5H3,(H,45,46,50). The van der Waals surface area contributed by atoms with E-state index < -0.39 is 32.7 Å². The van der Waals surface area contributed by atoms with Crippen molar-refractivity contribution in [2.24, 2.45) is 4.99 Å². The zero-order valence-corrected chi connectivity index (χ0v) is 33.3. The first kappa shape index (κ1) is 40.4. The molecule has 4 aromatic rings. The largest absolute Gasteiger partial charge is 0.355 e. The van der Waals surface area contributed by atoms with Crippen LogP contribution < -0.4 is 10.6 Å². The van der Waals surface area contributed by atoms with E-state index in [2.05, 4.69) is 128 Å². The Hall–Kier alpha value is -4.25. The summed E-state index contributed by atoms with van der Waals surface area (Å²) in [6.45, 7) is 11.6. The fraction of sp³-hybridized carbons (Fsp3) is 0.364. The van der Waals surface area contributed by atoms with Crippen molar-refractivity contribution in [3.63, 3.8) is 0 Å². The predicted octanol–water partition coefficient (Wildman–Crippen LogP) is 7.77. The van der Waals surface area contributed by atoms with Crippen LogP contribution in [0.4, 0.5) is 0 Å². The van der Waals surface area contributed by atoms with Gasteiger partial charge in [0.15, 0.2) is 0 Å². The average molecular weight is 764 g/mol. The number of rotatable bonds is 16. The lowest BCUT2D eigenvalue weighted by atomic mass is 9.76. The number of amidine groups is 1. The Morgan fingerprint density at radius 2 is 1.40 bits per heavy atom. The van der Waals surface area contributed by atoms with E-state index in [0.29, 0.717) is 18.6 Å². The van der Waals surface area contributed by atoms with Crippen LogP contribution in [0.5, 0.6) is 0 Å². The van der Waals surface area contributed by atoms with Gasteiger partial charge in [0.2, 0.25) is 6.35 Å². The van der Waals surface area contributed by atoms with Gasteiger partial charge in [-0.05, 0) is 69.0 Å². The van der Waals surface area contributed by atoms with Gasteiger partial charge < -0.3 is 29.1 Å². The van der Waals surface area contributed by atoms with E-state index in [9.17, 15) is 9.90 Å². The van der Waals surface area contributed by atoms with Gasteiger partial charge in [0, 0.05) is 36.3 Å². The summed E-state index contributed by atoms with van der Waals surface area (Å²) in [6, 6.07) is 40.5. The second-order valence-corrected chi connectivity index (χ2v) is 15.8. The second kappa shape index (κ2) is 19.1. The Balaban J connectivity index is 1.34. The van der Waals surface area contributed by atoms with Gasteiger partial charge in [-0.25, -0.2) is 9.66 Å². The number of benzene rings is 4. The molecular formula is C44H54N5O5P. The van der Waals surface area contributed by atoms with Crippen LogP contribution in [0.3, 0.4) is 0 Å². The number of nitrogens with one attached hydrogen (secondary N) is 2. The molecule has 4 aromatic carbocycles. The minimum absolute atomic E-state index is 0.207. The summed E-state index contributed by atoms with van der Waals surface area (Å²) in [5.41, 5.74) is 2.98. The van der Waals surface area contributed by atoms with Crippen molar-refractivity contribution in [3.8, 4) is 0 Å². The Kier molecular flexibility index (Phi) is 14.0. The van der Waals surface area contributed by atoms with E-state index in [0.717, 1.165) is 23.1 Å². The topological polar surface area (TPSA) is 108 Å². The van der Waals surface area contributed by atoms with Crippen molar-refractivity contribution in [1.82, 2.24) is 20.2 Å². The summed E-state index contributed by atoms with van der Waals surface area (Å²) in [4.78, 5) is 19.0. The van der Waals surface area contributed by atoms with Gasteiger partial charge in [-0.1, -0.05) is 116 Å². The minimum Gasteiger partial charge on any atom is -0.355 e. The molecule has 11 heteroatoms. The highest BCUT2D eigenvalue weighted by Gasteiger charge is 2.46. The van der Waals surface area contributed by atoms with Crippen LogP contribution in [0.25, 0.3) is 0 Å². The molecule has 1 fully saturated rings. The van der Waals surface area contributed by atoms with Crippen molar-refractivity contribution < 1.29 is 23.7 Å². The highest BCUT2D eigenvalue weighted by Crippen LogP contribution is 2.47. The third-order valence-electron chi connectivity index (χ3n) is 9.80. The average Bonchev–Trinajstić information content (AvgIpc) is 3.60. The van der Waals surface area contributed by atoms with E-state index in [1.165, 1.54) is 0 Å². The molecule has 290 valence electrons. The molecule has 2 aliphatic heterocycles. The molecule has 5 atom stereocenters. The monoisotopic (exact) mass is 763 g/mol. The summed E-state index contributed by atoms with van der Waals surface area (Å²) < 4.78 is 22.3. The normalized spacial score (nSPS) is 20.6. The van der Waals surface area contributed by atoms with Crippen LogP contribution in [0.2, 0.25) is 0 Å². The Morgan fingerprint density at radius 3 is 1.89 bits per heavy atom. The SMILES string of the molecule is CCCOP(OCC1OC(N2C=CC(NC(=O)c3ccccc3)=NC2O)CC1NC(c1ccccc1)(c1ccccc1)c1ccccc1)N(C(C)C)C(C)C. The molecule has 2 aliphatic rings. The first-order valence-corrected chi connectivity index (χ1v) is 20.4. The lowest BCUT2D eigenvalue weighted by Crippen LogP contribution is -2.53. The van der Waals surface area contributed by atoms with E-state index in [-0.39, 0.29) is 36.5 Å². The number of aliphatic hydroxyl groups is 1. The summed E-state index contributed by atoms with van der Waals surface area (Å²) in [7, 11) is -1.39. The molecule has 1 saturated heterocycles. The maximum atomic E-state index is 12.9. The third kappa shape index (κ3) is 9.59. The number of aliphatic hydroxyl groups excluding tert-OH is 1. The number of carbonyl (C=O) groups excluding carboxylic acids is 1. The highest BCUT2D eigenvalue weighted by molar-refractivity contribution is 7.44. The first-order valence-electron chi connectivity index (χ1n) is 19.2. The quantitative estimate of drug-likeness (QED) is 0.0786. The Morgan fingerprint density at radius 1 is 0.873 bits per heavy atom. The first-order chi connectivity index (χ1) is 26.7. The minimum atomic E-state index is -1.39. The number of aliphatic imine (C=N–C) groups is 1. The number of hydrogen-bond donors (Lipinski definition) is 3. The molecule has 0 aromatic heterocycles. The van der Waals surface area contributed by atoms with E-state index in [1.54, 1.807) is 41.4 Å². The summed E-state index contributed by atoms with van der Waals surface area (Å²) in [6.07, 6.45) is 2.49. The van der Waals surface area contributed by atoms with Gasteiger partial charge in [-0.3, -0.25) is 10.1 Å². The Labute approximate surface area is 327 Å². The molecule has 0 aliphatic carbocycles. The van der Waals surface area contributed by atoms with Crippen LogP contribution in [0, 0.1) is 0 Å². The maximum absolute atomic E-state index is 12.9. The number of hydrogen-bond acceptors (Lipinski definition) is 9. The lowest BCUT2D eigenvalue weighted by Gasteiger charge is -2.40. The fourth-order valence-corrected chi connectivity index (χ4v) is 9.04. The maximum Gasteiger partial charge on any atom is 0.259 e. The van der Waals surface area contributed by atoms with Crippen LogP contribution in [-0.4, -0.2) is 76.4 Å². The van der Waals surface area contributed by atoms with Gasteiger partial charge in [0.1, 0.15) is 12.1 Å². The smallest absolute Gasteiger partial charge is 0.259 e. The van der Waals surface area contributed by atoms with E-state index in [4.69, 9.17) is 13.8 Å². The summed E-state index contributed by atoms with van der Waals surface area (Å²) in [5.74, 6) is -0.0384. The van der Waals surface area contributed by atoms with Crippen LogP contribution in [-0.2, 0) is 19.3 Å². The molecule has 1 amide bonds. The van der Waals surface area contributed by atoms with Gasteiger partial charge in [-0.2, -0.15) is 0 Å². The molecule has 0 spiro atoms. The van der Waals surface area contributed by atoms with E-state index >= 15 is 0 Å². The van der Waals surface area contributed by atoms with Crippen molar-refractivity contribution in [1.29, 1.82) is 0 Å². The zero-order chi connectivity index (χ0) is 38.8. The molecular weight excluding hydrogens is 709 g/mol. The fourth-order valence-electron chi connectivity index (χ4n) is 7.33. The van der Waals surface area contributed by atoms with Gasteiger partial charge in [0.25, 0.3) is 14.4 Å². The third-order valence-corrected chi connectivity index (χ3v) is 11.9. The molecule has 10 nitrogen and oxygen atoms in total. The molecule has 6 rings (SSSR count). The molecule has 5 unspecified atom stereocenters. The molecule has 0 radical (unpaired) electrons. The van der Waals surface area contributed by atoms with Gasteiger partial charge in [0.05, 0.1) is 24.9 Å². The number of ether oxygens (including phenoxy) is 1. The molecule has 0 saturated carbocycles. The van der Waals surface area contributed by atoms with Crippen LogP contribution in [0.1, 0.15) is 74.5 Å². The second-order valence-electron chi connectivity index (χ2n) is 14.3. The van der Waals surface area contributed by atoms with Gasteiger partial charge in [-0.15, -0.1) is 0 Å². The predicted molar refractivity (Wildman–Crippen MR) is 219 cm³/mol. The highest BCUT2D eigenvalue weighted by atomic mass is 31.2. The molecule has 55 heavy (non-hydrogen) atoms. The molecule has 0 bridgehead atoms. The van der Waals surface area contributed by atoms with Gasteiger partial charge >= 0.3 is 0 Å².